The molecule has 3 rings (SSSR count). The second-order valence-corrected chi connectivity index (χ2v) is 7.42. The Morgan fingerprint density at radius 3 is 2.44 bits per heavy atom. The van der Waals surface area contributed by atoms with Crippen molar-refractivity contribution >= 4 is 17.7 Å². The van der Waals surface area contributed by atoms with Crippen LogP contribution in [0, 0.1) is 13.8 Å². The highest BCUT2D eigenvalue weighted by Gasteiger charge is 2.21. The monoisotopic (exact) mass is 382 g/mol. The average molecular weight is 382 g/mol. The number of carbonyl (C=O) groups excluding carboxylic acids is 1. The van der Waals surface area contributed by atoms with Crippen LogP contribution in [0.15, 0.2) is 41.6 Å². The third kappa shape index (κ3) is 4.71. The van der Waals surface area contributed by atoms with Crippen LogP contribution in [0.3, 0.4) is 0 Å². The van der Waals surface area contributed by atoms with E-state index in [0.717, 1.165) is 17.1 Å². The Balaban J connectivity index is 1.94. The van der Waals surface area contributed by atoms with Crippen LogP contribution in [0.4, 0.5) is 0 Å². The lowest BCUT2D eigenvalue weighted by Crippen LogP contribution is -2.31. The standard InChI is InChI=1S/C19H22N6OS/c1-12(2)20-18(26)17-16(11-27-19-21-13(3)10-14(4)22-19)25(24-23-17)15-8-6-5-7-9-15/h5-10,12H,11H2,1-4H3,(H,20,26). The molecular weight excluding hydrogens is 360 g/mol. The van der Waals surface area contributed by atoms with E-state index in [1.807, 2.05) is 64.1 Å². The van der Waals surface area contributed by atoms with Crippen LogP contribution in [0.5, 0.6) is 0 Å². The molecule has 0 spiro atoms. The number of thioether (sulfide) groups is 1. The molecule has 8 heteroatoms. The zero-order valence-electron chi connectivity index (χ0n) is 15.8. The number of aromatic nitrogens is 5. The van der Waals surface area contributed by atoms with Gasteiger partial charge in [0.25, 0.3) is 5.91 Å². The summed E-state index contributed by atoms with van der Waals surface area (Å²) >= 11 is 1.46. The van der Waals surface area contributed by atoms with E-state index in [1.165, 1.54) is 11.8 Å². The van der Waals surface area contributed by atoms with Gasteiger partial charge in [-0.25, -0.2) is 14.6 Å². The Kier molecular flexibility index (Phi) is 5.85. The third-order valence-electron chi connectivity index (χ3n) is 3.70. The van der Waals surface area contributed by atoms with Gasteiger partial charge in [0.05, 0.1) is 11.4 Å². The van der Waals surface area contributed by atoms with Crippen molar-refractivity contribution in [3.05, 3.63) is 59.2 Å². The number of nitrogens with one attached hydrogen (secondary N) is 1. The first kappa shape index (κ1) is 19.0. The first-order valence-corrected chi connectivity index (χ1v) is 9.68. The predicted molar refractivity (Wildman–Crippen MR) is 105 cm³/mol. The summed E-state index contributed by atoms with van der Waals surface area (Å²) in [7, 11) is 0. The maximum absolute atomic E-state index is 12.6. The fourth-order valence-corrected chi connectivity index (χ4v) is 3.55. The number of nitrogens with zero attached hydrogens (tertiary/aromatic N) is 5. The van der Waals surface area contributed by atoms with Crippen LogP contribution >= 0.6 is 11.8 Å². The van der Waals surface area contributed by atoms with Crippen LogP contribution in [0.1, 0.15) is 41.4 Å². The summed E-state index contributed by atoms with van der Waals surface area (Å²) in [5, 5.41) is 11.9. The molecule has 2 aromatic heterocycles. The molecule has 1 amide bonds. The summed E-state index contributed by atoms with van der Waals surface area (Å²) in [6.07, 6.45) is 0. The van der Waals surface area contributed by atoms with Gasteiger partial charge in [0.1, 0.15) is 0 Å². The highest BCUT2D eigenvalue weighted by Crippen LogP contribution is 2.23. The average Bonchev–Trinajstić information content (AvgIpc) is 3.03. The summed E-state index contributed by atoms with van der Waals surface area (Å²) < 4.78 is 1.70. The molecule has 0 aliphatic carbocycles. The third-order valence-corrected chi connectivity index (χ3v) is 4.56. The minimum absolute atomic E-state index is 0.0163. The fraction of sp³-hybridized carbons (Fsp3) is 0.316. The van der Waals surface area contributed by atoms with E-state index in [1.54, 1.807) is 4.68 Å². The number of rotatable bonds is 6. The molecule has 2 heterocycles. The van der Waals surface area contributed by atoms with Gasteiger partial charge >= 0.3 is 0 Å². The van der Waals surface area contributed by atoms with Crippen molar-refractivity contribution in [3.63, 3.8) is 0 Å². The summed E-state index contributed by atoms with van der Waals surface area (Å²) in [6.45, 7) is 7.71. The SMILES string of the molecule is Cc1cc(C)nc(SCc2c(C(=O)NC(C)C)nnn2-c2ccccc2)n1. The summed E-state index contributed by atoms with van der Waals surface area (Å²) in [5.41, 5.74) is 3.72. The normalized spacial score (nSPS) is 11.0. The van der Waals surface area contributed by atoms with Crippen LogP contribution in [0.2, 0.25) is 0 Å². The molecule has 3 aromatic rings. The molecule has 0 fully saturated rings. The van der Waals surface area contributed by atoms with Gasteiger partial charge in [-0.15, -0.1) is 5.10 Å². The lowest BCUT2D eigenvalue weighted by molar-refractivity contribution is 0.0937. The maximum Gasteiger partial charge on any atom is 0.274 e. The van der Waals surface area contributed by atoms with Gasteiger partial charge in [0.15, 0.2) is 10.9 Å². The first-order valence-electron chi connectivity index (χ1n) is 8.70. The zero-order valence-corrected chi connectivity index (χ0v) is 16.6. The lowest BCUT2D eigenvalue weighted by Gasteiger charge is -2.10. The number of hydrogen-bond acceptors (Lipinski definition) is 6. The minimum Gasteiger partial charge on any atom is -0.348 e. The topological polar surface area (TPSA) is 85.6 Å². The van der Waals surface area contributed by atoms with Gasteiger partial charge in [-0.3, -0.25) is 4.79 Å². The lowest BCUT2D eigenvalue weighted by atomic mass is 10.2. The Labute approximate surface area is 162 Å². The smallest absolute Gasteiger partial charge is 0.274 e. The predicted octanol–water partition coefficient (Wildman–Crippen LogP) is 3.10. The molecule has 1 aromatic carbocycles. The van der Waals surface area contributed by atoms with Crippen LogP contribution in [-0.2, 0) is 5.75 Å². The molecule has 0 unspecified atom stereocenters. The molecule has 0 atom stereocenters. The quantitative estimate of drug-likeness (QED) is 0.521. The van der Waals surface area contributed by atoms with Crippen molar-refractivity contribution in [3.8, 4) is 5.69 Å². The van der Waals surface area contributed by atoms with E-state index >= 15 is 0 Å². The number of amides is 1. The largest absolute Gasteiger partial charge is 0.348 e. The van der Waals surface area contributed by atoms with Crippen molar-refractivity contribution in [1.82, 2.24) is 30.3 Å². The van der Waals surface area contributed by atoms with E-state index in [9.17, 15) is 4.79 Å². The van der Waals surface area contributed by atoms with Gasteiger partial charge in [-0.2, -0.15) is 0 Å². The number of benzene rings is 1. The molecule has 0 bridgehead atoms. The molecule has 0 radical (unpaired) electrons. The Hall–Kier alpha value is -2.74. The highest BCUT2D eigenvalue weighted by molar-refractivity contribution is 7.98. The second-order valence-electron chi connectivity index (χ2n) is 6.48. The fourth-order valence-electron chi connectivity index (χ4n) is 2.61. The number of para-hydroxylation sites is 1. The van der Waals surface area contributed by atoms with Gasteiger partial charge in [-0.05, 0) is 45.9 Å². The van der Waals surface area contributed by atoms with E-state index in [4.69, 9.17) is 0 Å². The molecule has 0 aliphatic heterocycles. The summed E-state index contributed by atoms with van der Waals surface area (Å²) in [6, 6.07) is 11.6. The molecule has 1 N–H and O–H groups in total. The summed E-state index contributed by atoms with van der Waals surface area (Å²) in [4.78, 5) is 21.5. The Bertz CT molecular complexity index is 918. The molecular formula is C19H22N6OS. The van der Waals surface area contributed by atoms with Crippen molar-refractivity contribution in [2.24, 2.45) is 0 Å². The zero-order chi connectivity index (χ0) is 19.4. The van der Waals surface area contributed by atoms with E-state index in [-0.39, 0.29) is 11.9 Å². The Morgan fingerprint density at radius 1 is 1.15 bits per heavy atom. The van der Waals surface area contributed by atoms with E-state index in [2.05, 4.69) is 25.6 Å². The first-order chi connectivity index (χ1) is 12.9. The molecule has 7 nitrogen and oxygen atoms in total. The van der Waals surface area contributed by atoms with Gasteiger partial charge in [0, 0.05) is 23.2 Å². The van der Waals surface area contributed by atoms with Gasteiger partial charge in [0.2, 0.25) is 0 Å². The Morgan fingerprint density at radius 2 is 1.81 bits per heavy atom. The van der Waals surface area contributed by atoms with Crippen LogP contribution in [-0.4, -0.2) is 36.9 Å². The number of hydrogen-bond donors (Lipinski definition) is 1. The van der Waals surface area contributed by atoms with Crippen LogP contribution in [0.25, 0.3) is 5.69 Å². The van der Waals surface area contributed by atoms with E-state index < -0.39 is 0 Å². The van der Waals surface area contributed by atoms with Crippen molar-refractivity contribution in [2.75, 3.05) is 0 Å². The van der Waals surface area contributed by atoms with Crippen molar-refractivity contribution in [2.45, 2.75) is 44.6 Å². The van der Waals surface area contributed by atoms with Gasteiger partial charge in [-0.1, -0.05) is 35.2 Å². The molecule has 27 heavy (non-hydrogen) atoms. The number of carbonyl (C=O) groups is 1. The maximum atomic E-state index is 12.6. The molecule has 0 aliphatic rings. The van der Waals surface area contributed by atoms with Gasteiger partial charge < -0.3 is 5.32 Å². The molecule has 140 valence electrons. The second kappa shape index (κ2) is 8.30. The van der Waals surface area contributed by atoms with E-state index in [0.29, 0.717) is 22.3 Å². The molecule has 0 saturated heterocycles. The molecule has 0 saturated carbocycles. The van der Waals surface area contributed by atoms with Crippen LogP contribution < -0.4 is 5.32 Å². The highest BCUT2D eigenvalue weighted by atomic mass is 32.2. The summed E-state index contributed by atoms with van der Waals surface area (Å²) in [5.74, 6) is 0.246. The number of aryl methyl sites for hydroxylation is 2. The van der Waals surface area contributed by atoms with Crippen molar-refractivity contribution < 1.29 is 4.79 Å². The minimum atomic E-state index is -0.232. The van der Waals surface area contributed by atoms with Crippen molar-refractivity contribution in [1.29, 1.82) is 0 Å².